The molecule has 2 fully saturated rings. The van der Waals surface area contributed by atoms with E-state index in [1.807, 2.05) is 6.92 Å². The van der Waals surface area contributed by atoms with E-state index >= 15 is 0 Å². The molecule has 2 unspecified atom stereocenters. The number of rotatable bonds is 3. The number of hydrogen-bond donors (Lipinski definition) is 0. The summed E-state index contributed by atoms with van der Waals surface area (Å²) in [5.74, 6) is 2.75. The van der Waals surface area contributed by atoms with Gasteiger partial charge in [-0.25, -0.2) is 0 Å². The average Bonchev–Trinajstić information content (AvgIpc) is 2.81. The lowest BCUT2D eigenvalue weighted by Gasteiger charge is -2.40. The molecule has 0 N–H and O–H groups in total. The SMILES string of the molecule is C#CCC(CC)N1CC(=O)N2CCCC2C1=O. The van der Waals surface area contributed by atoms with Crippen molar-refractivity contribution < 1.29 is 9.59 Å². The number of carbonyl (C=O) groups excluding carboxylic acids is 2. The van der Waals surface area contributed by atoms with Gasteiger partial charge in [-0.2, -0.15) is 0 Å². The summed E-state index contributed by atoms with van der Waals surface area (Å²) in [6.07, 6.45) is 8.38. The van der Waals surface area contributed by atoms with Crippen LogP contribution in [0.2, 0.25) is 0 Å². The van der Waals surface area contributed by atoms with Crippen LogP contribution in [0, 0.1) is 12.3 Å². The van der Waals surface area contributed by atoms with Gasteiger partial charge in [0.15, 0.2) is 0 Å². The van der Waals surface area contributed by atoms with Crippen molar-refractivity contribution in [3.05, 3.63) is 0 Å². The van der Waals surface area contributed by atoms with Crippen LogP contribution in [-0.2, 0) is 9.59 Å². The van der Waals surface area contributed by atoms with E-state index in [2.05, 4.69) is 5.92 Å². The first-order valence-electron chi connectivity index (χ1n) is 6.22. The van der Waals surface area contributed by atoms with Crippen LogP contribution >= 0.6 is 0 Å². The molecule has 2 heterocycles. The molecule has 0 aromatic carbocycles. The fraction of sp³-hybridized carbons (Fsp3) is 0.692. The van der Waals surface area contributed by atoms with Crippen molar-refractivity contribution in [1.29, 1.82) is 0 Å². The van der Waals surface area contributed by atoms with Crippen molar-refractivity contribution in [1.82, 2.24) is 9.80 Å². The van der Waals surface area contributed by atoms with Gasteiger partial charge < -0.3 is 9.80 Å². The predicted octanol–water partition coefficient (Wildman–Crippen LogP) is 0.621. The monoisotopic (exact) mass is 234 g/mol. The molecule has 0 aromatic heterocycles. The summed E-state index contributed by atoms with van der Waals surface area (Å²) in [6, 6.07) is -0.206. The standard InChI is InChI=1S/C13H18N2O2/c1-3-6-10(4-2)15-9-12(16)14-8-5-7-11(14)13(15)17/h1,10-11H,4-9H2,2H3. The van der Waals surface area contributed by atoms with Gasteiger partial charge in [-0.3, -0.25) is 9.59 Å². The second kappa shape index (κ2) is 4.79. The molecule has 0 spiro atoms. The molecular formula is C13H18N2O2. The van der Waals surface area contributed by atoms with Gasteiger partial charge in [0.25, 0.3) is 0 Å². The predicted molar refractivity (Wildman–Crippen MR) is 64.0 cm³/mol. The maximum absolute atomic E-state index is 12.3. The number of terminal acetylenes is 1. The fourth-order valence-electron chi connectivity index (χ4n) is 2.75. The number of nitrogens with zero attached hydrogens (tertiary/aromatic N) is 2. The van der Waals surface area contributed by atoms with Crippen LogP contribution in [0.15, 0.2) is 0 Å². The zero-order chi connectivity index (χ0) is 12.4. The molecule has 17 heavy (non-hydrogen) atoms. The summed E-state index contributed by atoms with van der Waals surface area (Å²) in [4.78, 5) is 27.6. The van der Waals surface area contributed by atoms with Gasteiger partial charge in [-0.15, -0.1) is 12.3 Å². The summed E-state index contributed by atoms with van der Waals surface area (Å²) < 4.78 is 0. The molecule has 4 nitrogen and oxygen atoms in total. The van der Waals surface area contributed by atoms with E-state index in [0.717, 1.165) is 25.8 Å². The average molecular weight is 234 g/mol. The molecule has 92 valence electrons. The molecule has 2 rings (SSSR count). The highest BCUT2D eigenvalue weighted by atomic mass is 16.2. The van der Waals surface area contributed by atoms with Crippen LogP contribution in [0.1, 0.15) is 32.6 Å². The molecule has 4 heteroatoms. The van der Waals surface area contributed by atoms with Gasteiger partial charge in [0.05, 0.1) is 0 Å². The van der Waals surface area contributed by atoms with Crippen LogP contribution in [0.3, 0.4) is 0 Å². The molecule has 0 bridgehead atoms. The first-order chi connectivity index (χ1) is 8.19. The molecule has 0 aromatic rings. The molecule has 2 aliphatic rings. The topological polar surface area (TPSA) is 40.6 Å². The fourth-order valence-corrected chi connectivity index (χ4v) is 2.75. The largest absolute Gasteiger partial charge is 0.329 e. The van der Waals surface area contributed by atoms with E-state index in [4.69, 9.17) is 6.42 Å². The Morgan fingerprint density at radius 3 is 2.94 bits per heavy atom. The van der Waals surface area contributed by atoms with Crippen LogP contribution < -0.4 is 0 Å². The minimum Gasteiger partial charge on any atom is -0.329 e. The van der Waals surface area contributed by atoms with Crippen molar-refractivity contribution in [2.24, 2.45) is 0 Å². The third-order valence-corrected chi connectivity index (χ3v) is 3.71. The highest BCUT2D eigenvalue weighted by Gasteiger charge is 2.43. The molecule has 0 aliphatic carbocycles. The van der Waals surface area contributed by atoms with Crippen LogP contribution in [0.25, 0.3) is 0 Å². The Bertz CT molecular complexity index is 372. The number of amides is 2. The minimum absolute atomic E-state index is 0.0131. The summed E-state index contributed by atoms with van der Waals surface area (Å²) in [5, 5.41) is 0. The summed E-state index contributed by atoms with van der Waals surface area (Å²) in [6.45, 7) is 2.94. The second-order valence-electron chi connectivity index (χ2n) is 4.68. The Labute approximate surface area is 102 Å². The number of hydrogen-bond acceptors (Lipinski definition) is 2. The van der Waals surface area contributed by atoms with Gasteiger partial charge in [-0.1, -0.05) is 6.92 Å². The zero-order valence-electron chi connectivity index (χ0n) is 10.2. The van der Waals surface area contributed by atoms with Crippen molar-refractivity contribution in [3.63, 3.8) is 0 Å². The van der Waals surface area contributed by atoms with Crippen molar-refractivity contribution >= 4 is 11.8 Å². The Kier molecular flexibility index (Phi) is 3.37. The van der Waals surface area contributed by atoms with Gasteiger partial charge in [-0.05, 0) is 19.3 Å². The lowest BCUT2D eigenvalue weighted by Crippen LogP contribution is -2.59. The van der Waals surface area contributed by atoms with E-state index in [1.54, 1.807) is 9.80 Å². The van der Waals surface area contributed by atoms with E-state index in [-0.39, 0.29) is 30.4 Å². The molecule has 2 atom stereocenters. The van der Waals surface area contributed by atoms with Crippen molar-refractivity contribution in [2.45, 2.75) is 44.7 Å². The third-order valence-electron chi connectivity index (χ3n) is 3.71. The summed E-state index contributed by atoms with van der Waals surface area (Å²) >= 11 is 0. The third kappa shape index (κ3) is 2.02. The molecule has 2 amide bonds. The molecular weight excluding hydrogens is 216 g/mol. The van der Waals surface area contributed by atoms with Gasteiger partial charge >= 0.3 is 0 Å². The molecule has 2 aliphatic heterocycles. The maximum atomic E-state index is 12.3. The quantitative estimate of drug-likeness (QED) is 0.672. The lowest BCUT2D eigenvalue weighted by molar-refractivity contribution is -0.155. The number of piperazine rings is 1. The first-order valence-corrected chi connectivity index (χ1v) is 6.22. The van der Waals surface area contributed by atoms with Crippen molar-refractivity contribution in [3.8, 4) is 12.3 Å². The maximum Gasteiger partial charge on any atom is 0.246 e. The van der Waals surface area contributed by atoms with Gasteiger partial charge in [0, 0.05) is 19.0 Å². The smallest absolute Gasteiger partial charge is 0.246 e. The first kappa shape index (κ1) is 12.0. The van der Waals surface area contributed by atoms with E-state index in [9.17, 15) is 9.59 Å². The summed E-state index contributed by atoms with van der Waals surface area (Å²) in [5.41, 5.74) is 0. The van der Waals surface area contributed by atoms with E-state index in [1.165, 1.54) is 0 Å². The summed E-state index contributed by atoms with van der Waals surface area (Å²) in [7, 11) is 0. The molecule has 0 radical (unpaired) electrons. The zero-order valence-corrected chi connectivity index (χ0v) is 10.2. The van der Waals surface area contributed by atoms with E-state index in [0.29, 0.717) is 6.42 Å². The minimum atomic E-state index is -0.219. The second-order valence-corrected chi connectivity index (χ2v) is 4.68. The Morgan fingerprint density at radius 2 is 2.29 bits per heavy atom. The van der Waals surface area contributed by atoms with Crippen LogP contribution in [0.4, 0.5) is 0 Å². The highest BCUT2D eigenvalue weighted by Crippen LogP contribution is 2.26. The van der Waals surface area contributed by atoms with Crippen LogP contribution in [0.5, 0.6) is 0 Å². The Hall–Kier alpha value is -1.50. The van der Waals surface area contributed by atoms with Crippen LogP contribution in [-0.4, -0.2) is 46.8 Å². The normalized spacial score (nSPS) is 25.8. The molecule has 2 saturated heterocycles. The number of carbonyl (C=O) groups is 2. The van der Waals surface area contributed by atoms with Crippen molar-refractivity contribution in [2.75, 3.05) is 13.1 Å². The Balaban J connectivity index is 2.16. The Morgan fingerprint density at radius 1 is 1.53 bits per heavy atom. The lowest BCUT2D eigenvalue weighted by atomic mass is 10.0. The molecule has 0 saturated carbocycles. The number of fused-ring (bicyclic) bond motifs is 1. The van der Waals surface area contributed by atoms with E-state index < -0.39 is 0 Å². The van der Waals surface area contributed by atoms with Gasteiger partial charge in [0.1, 0.15) is 12.6 Å². The van der Waals surface area contributed by atoms with Gasteiger partial charge in [0.2, 0.25) is 11.8 Å². The highest BCUT2D eigenvalue weighted by molar-refractivity contribution is 5.95.